The number of rotatable bonds is 4. The van der Waals surface area contributed by atoms with Gasteiger partial charge in [0.25, 0.3) is 5.89 Å². The molecular formula is C15H17BrClN3O2. The summed E-state index contributed by atoms with van der Waals surface area (Å²) in [7, 11) is 1.91. The van der Waals surface area contributed by atoms with Crippen molar-refractivity contribution in [3.63, 3.8) is 0 Å². The standard InChI is InChI=1S/C15H16BrN3O2.ClH/c1-8(17-3)6-13-18-15(21-19-13)14-9(2)11-7-10(16)4-5-12(11)20-14;/h4-5,7-8,17H,6H2,1-3H3;1H. The maximum absolute atomic E-state index is 5.85. The van der Waals surface area contributed by atoms with E-state index in [1.54, 1.807) is 0 Å². The van der Waals surface area contributed by atoms with Gasteiger partial charge in [-0.05, 0) is 39.1 Å². The summed E-state index contributed by atoms with van der Waals surface area (Å²) in [5.74, 6) is 1.74. The quantitative estimate of drug-likeness (QED) is 0.730. The number of halogens is 2. The maximum atomic E-state index is 5.85. The predicted octanol–water partition coefficient (Wildman–Crippen LogP) is 4.13. The Morgan fingerprint density at radius 2 is 2.14 bits per heavy atom. The number of fused-ring (bicyclic) bond motifs is 1. The molecule has 3 aromatic rings. The molecule has 0 radical (unpaired) electrons. The smallest absolute Gasteiger partial charge is 0.293 e. The lowest BCUT2D eigenvalue weighted by Crippen LogP contribution is -2.24. The van der Waals surface area contributed by atoms with E-state index in [-0.39, 0.29) is 12.4 Å². The van der Waals surface area contributed by atoms with Gasteiger partial charge in [-0.3, -0.25) is 0 Å². The van der Waals surface area contributed by atoms with Crippen LogP contribution in [0.25, 0.3) is 22.6 Å². The molecule has 1 unspecified atom stereocenters. The maximum Gasteiger partial charge on any atom is 0.293 e. The number of aromatic nitrogens is 2. The van der Waals surface area contributed by atoms with Crippen molar-refractivity contribution in [3.05, 3.63) is 34.1 Å². The van der Waals surface area contributed by atoms with Crippen molar-refractivity contribution in [3.8, 4) is 11.7 Å². The molecule has 0 spiro atoms. The Bertz CT molecular complexity index is 784. The van der Waals surface area contributed by atoms with Crippen molar-refractivity contribution in [2.24, 2.45) is 0 Å². The van der Waals surface area contributed by atoms with Crippen LogP contribution >= 0.6 is 28.3 Å². The van der Waals surface area contributed by atoms with Crippen LogP contribution in [0.15, 0.2) is 31.6 Å². The van der Waals surface area contributed by atoms with E-state index in [0.717, 1.165) is 21.0 Å². The zero-order chi connectivity index (χ0) is 15.0. The van der Waals surface area contributed by atoms with Crippen LogP contribution in [0.1, 0.15) is 18.3 Å². The third-order valence-corrected chi connectivity index (χ3v) is 4.04. The zero-order valence-electron chi connectivity index (χ0n) is 12.5. The largest absolute Gasteiger partial charge is 0.451 e. The number of benzene rings is 1. The summed E-state index contributed by atoms with van der Waals surface area (Å²) in [5.41, 5.74) is 1.82. The molecule has 0 amide bonds. The number of hydrogen-bond donors (Lipinski definition) is 1. The van der Waals surface area contributed by atoms with Crippen LogP contribution in [0.4, 0.5) is 0 Å². The van der Waals surface area contributed by atoms with Gasteiger partial charge in [0.2, 0.25) is 0 Å². The molecule has 0 saturated carbocycles. The molecule has 0 aliphatic rings. The summed E-state index contributed by atoms with van der Waals surface area (Å²) in [6, 6.07) is 6.19. The molecular weight excluding hydrogens is 370 g/mol. The highest BCUT2D eigenvalue weighted by molar-refractivity contribution is 9.10. The van der Waals surface area contributed by atoms with Gasteiger partial charge in [-0.25, -0.2) is 0 Å². The SMILES string of the molecule is CNC(C)Cc1noc(-c2oc3ccc(Br)cc3c2C)n1.Cl. The van der Waals surface area contributed by atoms with Crippen LogP contribution in [0.3, 0.4) is 0 Å². The van der Waals surface area contributed by atoms with E-state index in [1.807, 2.05) is 32.2 Å². The lowest BCUT2D eigenvalue weighted by molar-refractivity contribution is 0.408. The van der Waals surface area contributed by atoms with Crippen molar-refractivity contribution in [2.45, 2.75) is 26.3 Å². The molecule has 1 atom stereocenters. The van der Waals surface area contributed by atoms with Gasteiger partial charge in [0.15, 0.2) is 11.6 Å². The topological polar surface area (TPSA) is 64.1 Å². The molecule has 22 heavy (non-hydrogen) atoms. The van der Waals surface area contributed by atoms with Gasteiger partial charge in [0.1, 0.15) is 5.58 Å². The van der Waals surface area contributed by atoms with Crippen molar-refractivity contribution >= 4 is 39.3 Å². The van der Waals surface area contributed by atoms with Crippen molar-refractivity contribution in [1.29, 1.82) is 0 Å². The van der Waals surface area contributed by atoms with Gasteiger partial charge in [-0.1, -0.05) is 21.1 Å². The van der Waals surface area contributed by atoms with Gasteiger partial charge in [-0.15, -0.1) is 12.4 Å². The van der Waals surface area contributed by atoms with E-state index in [1.165, 1.54) is 0 Å². The second kappa shape index (κ2) is 6.81. The highest BCUT2D eigenvalue weighted by Crippen LogP contribution is 2.33. The summed E-state index contributed by atoms with van der Waals surface area (Å²) in [5, 5.41) is 8.21. The highest BCUT2D eigenvalue weighted by Gasteiger charge is 2.19. The fourth-order valence-corrected chi connectivity index (χ4v) is 2.56. The molecule has 7 heteroatoms. The number of likely N-dealkylation sites (N-methyl/N-ethyl adjacent to an activating group) is 1. The molecule has 2 aromatic heterocycles. The number of furan rings is 1. The van der Waals surface area contributed by atoms with Crippen LogP contribution in [-0.2, 0) is 6.42 Å². The van der Waals surface area contributed by atoms with E-state index in [0.29, 0.717) is 29.9 Å². The Balaban J connectivity index is 0.00000176. The Hall–Kier alpha value is -1.37. The number of hydrogen-bond acceptors (Lipinski definition) is 5. The van der Waals surface area contributed by atoms with Crippen molar-refractivity contribution < 1.29 is 8.94 Å². The van der Waals surface area contributed by atoms with Gasteiger partial charge in [0, 0.05) is 27.9 Å². The minimum atomic E-state index is 0. The predicted molar refractivity (Wildman–Crippen MR) is 91.4 cm³/mol. The zero-order valence-corrected chi connectivity index (χ0v) is 14.9. The lowest BCUT2D eigenvalue weighted by atomic mass is 10.1. The fourth-order valence-electron chi connectivity index (χ4n) is 2.20. The van der Waals surface area contributed by atoms with E-state index in [4.69, 9.17) is 8.94 Å². The number of nitrogens with one attached hydrogen (secondary N) is 1. The van der Waals surface area contributed by atoms with E-state index in [9.17, 15) is 0 Å². The van der Waals surface area contributed by atoms with Crippen molar-refractivity contribution in [2.75, 3.05) is 7.05 Å². The summed E-state index contributed by atoms with van der Waals surface area (Å²) in [6.07, 6.45) is 0.713. The summed E-state index contributed by atoms with van der Waals surface area (Å²) < 4.78 is 12.2. The highest BCUT2D eigenvalue weighted by atomic mass is 79.9. The molecule has 0 aliphatic heterocycles. The minimum Gasteiger partial charge on any atom is -0.451 e. The van der Waals surface area contributed by atoms with E-state index >= 15 is 0 Å². The Morgan fingerprint density at radius 1 is 1.36 bits per heavy atom. The van der Waals surface area contributed by atoms with Gasteiger partial charge >= 0.3 is 0 Å². The molecule has 0 fully saturated rings. The van der Waals surface area contributed by atoms with Gasteiger partial charge in [0.05, 0.1) is 0 Å². The molecule has 0 saturated heterocycles. The van der Waals surface area contributed by atoms with Crippen molar-refractivity contribution in [1.82, 2.24) is 15.5 Å². The molecule has 118 valence electrons. The Labute approximate surface area is 143 Å². The summed E-state index contributed by atoms with van der Waals surface area (Å²) in [6.45, 7) is 4.06. The van der Waals surface area contributed by atoms with E-state index < -0.39 is 0 Å². The van der Waals surface area contributed by atoms with Crippen LogP contribution in [-0.4, -0.2) is 23.2 Å². The lowest BCUT2D eigenvalue weighted by Gasteiger charge is -2.04. The minimum absolute atomic E-state index is 0. The molecule has 3 rings (SSSR count). The first-order valence-electron chi connectivity index (χ1n) is 6.77. The molecule has 1 N–H and O–H groups in total. The third-order valence-electron chi connectivity index (χ3n) is 3.54. The first kappa shape index (κ1) is 17.0. The number of nitrogens with zero attached hydrogens (tertiary/aromatic N) is 2. The van der Waals surface area contributed by atoms with Crippen LogP contribution in [0.5, 0.6) is 0 Å². The van der Waals surface area contributed by atoms with Gasteiger partial charge in [-0.2, -0.15) is 4.98 Å². The molecule has 2 heterocycles. The fraction of sp³-hybridized carbons (Fsp3) is 0.333. The van der Waals surface area contributed by atoms with Crippen LogP contribution in [0, 0.1) is 6.92 Å². The average Bonchev–Trinajstić information content (AvgIpc) is 3.04. The normalized spacial score (nSPS) is 12.4. The summed E-state index contributed by atoms with van der Waals surface area (Å²) >= 11 is 3.47. The molecule has 0 bridgehead atoms. The van der Waals surface area contributed by atoms with Crippen LogP contribution in [0.2, 0.25) is 0 Å². The molecule has 5 nitrogen and oxygen atoms in total. The molecule has 1 aromatic carbocycles. The number of aryl methyl sites for hydroxylation is 1. The van der Waals surface area contributed by atoms with Gasteiger partial charge < -0.3 is 14.3 Å². The third kappa shape index (κ3) is 3.19. The molecule has 0 aliphatic carbocycles. The first-order chi connectivity index (χ1) is 10.1. The first-order valence-corrected chi connectivity index (χ1v) is 7.56. The van der Waals surface area contributed by atoms with E-state index in [2.05, 4.69) is 38.3 Å². The Morgan fingerprint density at radius 3 is 2.86 bits per heavy atom. The second-order valence-corrected chi connectivity index (χ2v) is 6.02. The summed E-state index contributed by atoms with van der Waals surface area (Å²) in [4.78, 5) is 4.42. The monoisotopic (exact) mass is 385 g/mol. The van der Waals surface area contributed by atoms with Crippen LogP contribution < -0.4 is 5.32 Å². The average molecular weight is 387 g/mol. The second-order valence-electron chi connectivity index (χ2n) is 5.11. The Kier molecular flexibility index (Phi) is 5.26.